The van der Waals surface area contributed by atoms with Gasteiger partial charge >= 0.3 is 5.97 Å². The summed E-state index contributed by atoms with van der Waals surface area (Å²) >= 11 is 0. The van der Waals surface area contributed by atoms with Crippen molar-refractivity contribution in [2.45, 2.75) is 45.8 Å². The SMILES string of the molecule is Cc1cc(C(=O)NCCOCCNC(=O)C(Cc2ccc(O)cc2)NC(=O)c2ccc(NCc3cnc4nc(N)[nH]c(=O)c4n3)cc2)cc(C)c1OC(=O)c1c2ccccc2[n+](CCCS(=O)(=O)O)c2ccccc12. The lowest BCUT2D eigenvalue weighted by Crippen LogP contribution is -2.48. The van der Waals surface area contributed by atoms with Gasteiger partial charge in [0.05, 0.1) is 53.7 Å². The molecule has 1 unspecified atom stereocenters. The first-order valence-corrected chi connectivity index (χ1v) is 25.3. The fraction of sp³-hybridized carbons (Fsp3) is 0.226. The summed E-state index contributed by atoms with van der Waals surface area (Å²) in [7, 11) is -4.17. The topological polar surface area (TPSA) is 311 Å². The van der Waals surface area contributed by atoms with Gasteiger partial charge in [0.25, 0.3) is 27.5 Å². The molecule has 0 aliphatic heterocycles. The Balaban J connectivity index is 0.819. The van der Waals surface area contributed by atoms with Crippen LogP contribution in [-0.2, 0) is 39.2 Å². The van der Waals surface area contributed by atoms with Crippen LogP contribution in [0.15, 0.2) is 120 Å². The van der Waals surface area contributed by atoms with Gasteiger partial charge in [-0.3, -0.25) is 28.7 Å². The number of amides is 3. The van der Waals surface area contributed by atoms with Crippen molar-refractivity contribution >= 4 is 78.4 Å². The lowest BCUT2D eigenvalue weighted by molar-refractivity contribution is -0.645. The molecule has 0 radical (unpaired) electrons. The van der Waals surface area contributed by atoms with E-state index in [0.717, 1.165) is 0 Å². The van der Waals surface area contributed by atoms with Crippen LogP contribution in [0.5, 0.6) is 11.5 Å². The van der Waals surface area contributed by atoms with Crippen LogP contribution in [0.3, 0.4) is 0 Å². The Morgan fingerprint density at radius 3 is 2.11 bits per heavy atom. The number of H-pyrrole nitrogens is 1. The number of aromatic amines is 1. The zero-order valence-corrected chi connectivity index (χ0v) is 41.6. The van der Waals surface area contributed by atoms with Crippen molar-refractivity contribution < 1.29 is 51.3 Å². The number of hydrogen-bond donors (Lipinski definition) is 8. The predicted octanol–water partition coefficient (Wildman–Crippen LogP) is 4.22. The average Bonchev–Trinajstić information content (AvgIpc) is 3.39. The standard InChI is InChI=1S/C53H52N10O11S/c1-31-26-35(27-32(2)46(31)74-52(69)44-39-8-3-5-10-42(39)63(22-7-25-75(70,71)72)43-11-6-4-9-40(43)44)48(65)55-20-23-73-24-21-56-50(67)41(28-33-12-18-38(64)19-13-33)60-49(66)34-14-16-36(17-15-34)57-29-37-30-58-47-45(59-37)51(68)62-53(54)61-47/h3-6,8-19,26-27,30,41H,7,20-25,28-29H2,1-2H3,(H8-,54,55,56,57,58,60,61,62,64,65,66,67,68,70,71,72)/p+1. The first-order chi connectivity index (χ1) is 36.0. The Bertz CT molecular complexity index is 3550. The number of phenolic OH excluding ortho intramolecular Hbond substituents is 1. The highest BCUT2D eigenvalue weighted by molar-refractivity contribution is 7.85. The lowest BCUT2D eigenvalue weighted by Gasteiger charge is -2.19. The highest BCUT2D eigenvalue weighted by atomic mass is 32.2. The third kappa shape index (κ3) is 13.2. The molecule has 0 bridgehead atoms. The molecular formula is C53H53N10O11S+. The van der Waals surface area contributed by atoms with Gasteiger partial charge in [0, 0.05) is 54.9 Å². The molecule has 3 amide bonds. The molecule has 8 aromatic rings. The van der Waals surface area contributed by atoms with Crippen LogP contribution in [0.2, 0.25) is 0 Å². The van der Waals surface area contributed by atoms with Crippen LogP contribution >= 0.6 is 0 Å². The van der Waals surface area contributed by atoms with E-state index in [4.69, 9.17) is 15.2 Å². The quantitative estimate of drug-likeness (QED) is 0.0125. The van der Waals surface area contributed by atoms with Crippen LogP contribution in [0.1, 0.15) is 59.9 Å². The fourth-order valence-corrected chi connectivity index (χ4v) is 8.98. The molecule has 0 aliphatic carbocycles. The van der Waals surface area contributed by atoms with Crippen molar-refractivity contribution in [2.24, 2.45) is 0 Å². The van der Waals surface area contributed by atoms with Gasteiger partial charge in [0.2, 0.25) is 22.9 Å². The van der Waals surface area contributed by atoms with Crippen molar-refractivity contribution in [1.29, 1.82) is 0 Å². The van der Waals surface area contributed by atoms with Gasteiger partial charge in [-0.25, -0.2) is 14.8 Å². The third-order valence-electron chi connectivity index (χ3n) is 12.0. The maximum Gasteiger partial charge on any atom is 0.345 e. The maximum absolute atomic E-state index is 14.1. The Kier molecular flexibility index (Phi) is 16.3. The molecular weight excluding hydrogens is 985 g/mol. The fourth-order valence-electron chi connectivity index (χ4n) is 8.48. The number of fused-ring (bicyclic) bond motifs is 3. The van der Waals surface area contributed by atoms with Crippen LogP contribution < -0.4 is 41.9 Å². The van der Waals surface area contributed by atoms with Crippen molar-refractivity contribution in [2.75, 3.05) is 43.1 Å². The van der Waals surface area contributed by atoms with Crippen LogP contribution in [0, 0.1) is 13.8 Å². The summed E-state index contributed by atoms with van der Waals surface area (Å²) < 4.78 is 46.0. The number of aryl methyl sites for hydroxylation is 3. The second-order valence-corrected chi connectivity index (χ2v) is 19.1. The Labute approximate surface area is 429 Å². The molecule has 1 atom stereocenters. The molecule has 75 heavy (non-hydrogen) atoms. The van der Waals surface area contributed by atoms with Crippen molar-refractivity contribution in [3.63, 3.8) is 0 Å². The third-order valence-corrected chi connectivity index (χ3v) is 12.8. The van der Waals surface area contributed by atoms with Gasteiger partial charge in [0.1, 0.15) is 17.5 Å². The number of benzene rings is 5. The average molecular weight is 1040 g/mol. The monoisotopic (exact) mass is 1040 g/mol. The number of nitrogens with one attached hydrogen (secondary N) is 5. The number of nitrogen functional groups attached to an aromatic ring is 1. The number of esters is 1. The van der Waals surface area contributed by atoms with E-state index in [1.165, 1.54) is 18.3 Å². The number of rotatable bonds is 21. The molecule has 0 aliphatic rings. The number of carbonyl (C=O) groups excluding carboxylic acids is 4. The lowest BCUT2D eigenvalue weighted by atomic mass is 10.0. The number of para-hydroxylation sites is 2. The molecule has 5 aromatic carbocycles. The van der Waals surface area contributed by atoms with E-state index < -0.39 is 45.3 Å². The molecule has 22 heteroatoms. The number of nitrogens with zero attached hydrogens (tertiary/aromatic N) is 4. The number of ether oxygens (including phenoxy) is 2. The van der Waals surface area contributed by atoms with Gasteiger partial charge in [-0.2, -0.15) is 18.0 Å². The number of phenols is 1. The van der Waals surface area contributed by atoms with Gasteiger partial charge < -0.3 is 41.6 Å². The number of hydrogen-bond acceptors (Lipinski definition) is 15. The Morgan fingerprint density at radius 1 is 0.813 bits per heavy atom. The van der Waals surface area contributed by atoms with E-state index in [-0.39, 0.29) is 86.6 Å². The second-order valence-electron chi connectivity index (χ2n) is 17.5. The number of nitrogens with two attached hydrogens (primary N) is 1. The normalized spacial score (nSPS) is 11.8. The maximum atomic E-state index is 14.1. The molecule has 8 rings (SSSR count). The summed E-state index contributed by atoms with van der Waals surface area (Å²) in [5.74, 6) is -2.09. The van der Waals surface area contributed by atoms with Gasteiger partial charge in [-0.05, 0) is 91.2 Å². The first-order valence-electron chi connectivity index (χ1n) is 23.7. The molecule has 0 fully saturated rings. The Morgan fingerprint density at radius 2 is 1.45 bits per heavy atom. The van der Waals surface area contributed by atoms with Crippen molar-refractivity contribution in [1.82, 2.24) is 35.9 Å². The van der Waals surface area contributed by atoms with E-state index >= 15 is 0 Å². The van der Waals surface area contributed by atoms with Gasteiger partial charge in [-0.15, -0.1) is 0 Å². The predicted molar refractivity (Wildman–Crippen MR) is 279 cm³/mol. The van der Waals surface area contributed by atoms with E-state index in [2.05, 4.69) is 41.2 Å². The number of pyridine rings is 1. The highest BCUT2D eigenvalue weighted by Crippen LogP contribution is 2.30. The Hall–Kier alpha value is -8.86. The molecule has 0 spiro atoms. The number of aromatic nitrogens is 5. The first kappa shape index (κ1) is 52.5. The minimum Gasteiger partial charge on any atom is -0.508 e. The molecule has 21 nitrogen and oxygen atoms in total. The molecule has 3 aromatic heterocycles. The largest absolute Gasteiger partial charge is 0.508 e. The second kappa shape index (κ2) is 23.3. The molecule has 0 saturated heterocycles. The highest BCUT2D eigenvalue weighted by Gasteiger charge is 2.27. The number of anilines is 2. The smallest absolute Gasteiger partial charge is 0.345 e. The van der Waals surface area contributed by atoms with Crippen LogP contribution in [0.25, 0.3) is 33.0 Å². The minimum atomic E-state index is -4.17. The zero-order chi connectivity index (χ0) is 53.2. The molecule has 386 valence electrons. The van der Waals surface area contributed by atoms with Crippen LogP contribution in [-0.4, -0.2) is 99.8 Å². The molecule has 3 heterocycles. The number of aromatic hydroxyl groups is 1. The van der Waals surface area contributed by atoms with Gasteiger partial charge in [-0.1, -0.05) is 36.4 Å². The van der Waals surface area contributed by atoms with Crippen molar-refractivity contribution in [3.05, 3.63) is 165 Å². The summed E-state index contributed by atoms with van der Waals surface area (Å²) in [5.41, 5.74) is 10.5. The summed E-state index contributed by atoms with van der Waals surface area (Å²) in [6.45, 7) is 4.42. The minimum absolute atomic E-state index is 0.0501. The molecule has 0 saturated carbocycles. The van der Waals surface area contributed by atoms with Crippen molar-refractivity contribution in [3.8, 4) is 11.5 Å². The van der Waals surface area contributed by atoms with Crippen LogP contribution in [0.4, 0.5) is 11.6 Å². The van der Waals surface area contributed by atoms with E-state index in [9.17, 15) is 42.0 Å². The zero-order valence-electron chi connectivity index (χ0n) is 40.8. The summed E-state index contributed by atoms with van der Waals surface area (Å²) in [4.78, 5) is 81.4. The summed E-state index contributed by atoms with van der Waals surface area (Å²) in [5, 5.41) is 22.6. The van der Waals surface area contributed by atoms with E-state index in [1.54, 1.807) is 86.6 Å². The molecule has 9 N–H and O–H groups in total. The van der Waals surface area contributed by atoms with E-state index in [1.807, 2.05) is 28.8 Å². The van der Waals surface area contributed by atoms with E-state index in [0.29, 0.717) is 66.8 Å². The number of carbonyl (C=O) groups is 4. The summed E-state index contributed by atoms with van der Waals surface area (Å²) in [6, 6.07) is 29.6. The van der Waals surface area contributed by atoms with Gasteiger partial charge in [0.15, 0.2) is 17.7 Å². The summed E-state index contributed by atoms with van der Waals surface area (Å²) in [6.07, 6.45) is 1.75.